The maximum absolute atomic E-state index is 8.84. The van der Waals surface area contributed by atoms with E-state index in [0.717, 1.165) is 5.39 Å². The van der Waals surface area contributed by atoms with E-state index >= 15 is 0 Å². The van der Waals surface area contributed by atoms with Crippen LogP contribution in [0.4, 0.5) is 5.69 Å². The predicted molar refractivity (Wildman–Crippen MR) is 75.2 cm³/mol. The molecule has 1 aromatic carbocycles. The van der Waals surface area contributed by atoms with E-state index in [1.807, 2.05) is 18.2 Å². The largest absolute Gasteiger partial charge is 0.438 e. The van der Waals surface area contributed by atoms with Crippen molar-refractivity contribution in [2.45, 2.75) is 0 Å². The van der Waals surface area contributed by atoms with E-state index in [0.29, 0.717) is 28.5 Å². The van der Waals surface area contributed by atoms with Gasteiger partial charge in [0.15, 0.2) is 0 Å². The molecular formula is C15H10N4O. The third-order valence-corrected chi connectivity index (χ3v) is 2.81. The molecule has 0 unspecified atom stereocenters. The summed E-state index contributed by atoms with van der Waals surface area (Å²) in [7, 11) is 0. The van der Waals surface area contributed by atoms with Gasteiger partial charge in [-0.1, -0.05) is 6.07 Å². The Morgan fingerprint density at radius 3 is 2.85 bits per heavy atom. The Morgan fingerprint density at radius 1 is 1.10 bits per heavy atom. The molecule has 0 saturated heterocycles. The van der Waals surface area contributed by atoms with Gasteiger partial charge in [0.2, 0.25) is 5.88 Å². The number of hydrogen-bond donors (Lipinski definition) is 1. The molecule has 0 aliphatic rings. The molecule has 3 rings (SSSR count). The van der Waals surface area contributed by atoms with Crippen LogP contribution in [0.5, 0.6) is 11.6 Å². The average Bonchev–Trinajstić information content (AvgIpc) is 2.51. The first-order valence-corrected chi connectivity index (χ1v) is 5.96. The van der Waals surface area contributed by atoms with Gasteiger partial charge in [-0.25, -0.2) is 4.98 Å². The fourth-order valence-corrected chi connectivity index (χ4v) is 1.90. The first kappa shape index (κ1) is 11.9. The van der Waals surface area contributed by atoms with Gasteiger partial charge in [-0.15, -0.1) is 0 Å². The van der Waals surface area contributed by atoms with Crippen LogP contribution in [-0.4, -0.2) is 9.97 Å². The van der Waals surface area contributed by atoms with Crippen LogP contribution in [0.3, 0.4) is 0 Å². The molecule has 5 nitrogen and oxygen atoms in total. The zero-order valence-corrected chi connectivity index (χ0v) is 10.4. The summed E-state index contributed by atoms with van der Waals surface area (Å²) in [5.41, 5.74) is 7.46. The normalized spacial score (nSPS) is 10.2. The maximum atomic E-state index is 8.84. The van der Waals surface area contributed by atoms with Crippen molar-refractivity contribution < 1.29 is 4.74 Å². The fourth-order valence-electron chi connectivity index (χ4n) is 1.90. The van der Waals surface area contributed by atoms with Crippen LogP contribution in [0.2, 0.25) is 0 Å². The minimum atomic E-state index is 0.306. The molecule has 0 spiro atoms. The predicted octanol–water partition coefficient (Wildman–Crippen LogP) is 2.88. The van der Waals surface area contributed by atoms with Crippen molar-refractivity contribution in [3.63, 3.8) is 0 Å². The van der Waals surface area contributed by atoms with Gasteiger partial charge >= 0.3 is 0 Å². The van der Waals surface area contributed by atoms with Gasteiger partial charge < -0.3 is 10.5 Å². The molecule has 0 amide bonds. The van der Waals surface area contributed by atoms with Crippen molar-refractivity contribution in [1.82, 2.24) is 9.97 Å². The SMILES string of the molecule is N#Cc1cccc(Oc2ccc(N)c3ncccc23)n1. The van der Waals surface area contributed by atoms with Crippen molar-refractivity contribution in [2.24, 2.45) is 0 Å². The smallest absolute Gasteiger partial charge is 0.220 e. The number of pyridine rings is 2. The van der Waals surface area contributed by atoms with E-state index in [1.165, 1.54) is 0 Å². The first-order valence-electron chi connectivity index (χ1n) is 5.96. The number of aromatic nitrogens is 2. The van der Waals surface area contributed by atoms with Gasteiger partial charge in [0.05, 0.1) is 11.2 Å². The summed E-state index contributed by atoms with van der Waals surface area (Å²) in [5.74, 6) is 0.962. The van der Waals surface area contributed by atoms with Gasteiger partial charge in [-0.05, 0) is 30.3 Å². The number of benzene rings is 1. The molecule has 96 valence electrons. The number of nitriles is 1. The molecule has 0 saturated carbocycles. The topological polar surface area (TPSA) is 84.8 Å². The van der Waals surface area contributed by atoms with Gasteiger partial charge in [0, 0.05) is 17.6 Å². The van der Waals surface area contributed by atoms with Crippen LogP contribution in [-0.2, 0) is 0 Å². The van der Waals surface area contributed by atoms with Crippen LogP contribution in [0.25, 0.3) is 10.9 Å². The Bertz CT molecular complexity index is 823. The number of nitrogen functional groups attached to an aromatic ring is 1. The Labute approximate surface area is 115 Å². The quantitative estimate of drug-likeness (QED) is 0.718. The lowest BCUT2D eigenvalue weighted by Gasteiger charge is -2.09. The van der Waals surface area contributed by atoms with Crippen molar-refractivity contribution in [1.29, 1.82) is 5.26 Å². The summed E-state index contributed by atoms with van der Waals surface area (Å²) in [4.78, 5) is 8.32. The zero-order chi connectivity index (χ0) is 13.9. The molecule has 20 heavy (non-hydrogen) atoms. The second-order valence-electron chi connectivity index (χ2n) is 4.13. The van der Waals surface area contributed by atoms with Crippen molar-refractivity contribution in [3.05, 3.63) is 54.4 Å². The number of nitrogens with two attached hydrogens (primary N) is 1. The molecule has 2 aromatic heterocycles. The van der Waals surface area contributed by atoms with Gasteiger partial charge in [0.25, 0.3) is 0 Å². The molecule has 0 aliphatic heterocycles. The summed E-state index contributed by atoms with van der Waals surface area (Å²) in [6, 6.07) is 14.2. The molecule has 2 heterocycles. The lowest BCUT2D eigenvalue weighted by molar-refractivity contribution is 0.467. The summed E-state index contributed by atoms with van der Waals surface area (Å²) >= 11 is 0. The van der Waals surface area contributed by atoms with Crippen molar-refractivity contribution >= 4 is 16.6 Å². The van der Waals surface area contributed by atoms with Gasteiger partial charge in [-0.2, -0.15) is 5.26 Å². The minimum absolute atomic E-state index is 0.306. The first-order chi connectivity index (χ1) is 9.78. The highest BCUT2D eigenvalue weighted by Gasteiger charge is 2.07. The van der Waals surface area contributed by atoms with Crippen LogP contribution in [0.1, 0.15) is 5.69 Å². The fraction of sp³-hybridized carbons (Fsp3) is 0. The molecule has 0 radical (unpaired) electrons. The molecule has 5 heteroatoms. The summed E-state index contributed by atoms with van der Waals surface area (Å²) in [6.07, 6.45) is 1.68. The van der Waals surface area contributed by atoms with Gasteiger partial charge in [-0.3, -0.25) is 4.98 Å². The van der Waals surface area contributed by atoms with E-state index in [4.69, 9.17) is 15.7 Å². The third-order valence-electron chi connectivity index (χ3n) is 2.81. The Balaban J connectivity index is 2.07. The number of fused-ring (bicyclic) bond motifs is 1. The molecular weight excluding hydrogens is 252 g/mol. The number of hydrogen-bond acceptors (Lipinski definition) is 5. The summed E-state index contributed by atoms with van der Waals surface area (Å²) in [6.45, 7) is 0. The molecule has 3 aromatic rings. The highest BCUT2D eigenvalue weighted by Crippen LogP contribution is 2.31. The number of anilines is 1. The van der Waals surface area contributed by atoms with Crippen LogP contribution >= 0.6 is 0 Å². The monoisotopic (exact) mass is 262 g/mol. The van der Waals surface area contributed by atoms with E-state index in [1.54, 1.807) is 36.5 Å². The van der Waals surface area contributed by atoms with E-state index < -0.39 is 0 Å². The average molecular weight is 262 g/mol. The lowest BCUT2D eigenvalue weighted by Crippen LogP contribution is -1.94. The number of rotatable bonds is 2. The van der Waals surface area contributed by atoms with Crippen LogP contribution in [0.15, 0.2) is 48.7 Å². The highest BCUT2D eigenvalue weighted by molar-refractivity contribution is 5.93. The third kappa shape index (κ3) is 2.10. The minimum Gasteiger partial charge on any atom is -0.438 e. The highest BCUT2D eigenvalue weighted by atomic mass is 16.5. The number of nitrogens with zero attached hydrogens (tertiary/aromatic N) is 3. The zero-order valence-electron chi connectivity index (χ0n) is 10.4. The molecule has 0 atom stereocenters. The van der Waals surface area contributed by atoms with Gasteiger partial charge in [0.1, 0.15) is 17.5 Å². The molecule has 0 fully saturated rings. The Hall–Kier alpha value is -3.13. The maximum Gasteiger partial charge on any atom is 0.220 e. The van der Waals surface area contributed by atoms with E-state index in [-0.39, 0.29) is 0 Å². The standard InChI is InChI=1S/C15H10N4O/c16-9-10-3-1-5-14(19-10)20-13-7-6-12(17)15-11(13)4-2-8-18-15/h1-8H,17H2. The van der Waals surface area contributed by atoms with Crippen molar-refractivity contribution in [3.8, 4) is 17.7 Å². The van der Waals surface area contributed by atoms with E-state index in [9.17, 15) is 0 Å². The second kappa shape index (κ2) is 4.86. The lowest BCUT2D eigenvalue weighted by atomic mass is 10.2. The molecule has 0 aliphatic carbocycles. The van der Waals surface area contributed by atoms with E-state index in [2.05, 4.69) is 9.97 Å². The van der Waals surface area contributed by atoms with Crippen LogP contribution in [0, 0.1) is 11.3 Å². The molecule has 2 N–H and O–H groups in total. The number of ether oxygens (including phenoxy) is 1. The Morgan fingerprint density at radius 2 is 2.00 bits per heavy atom. The summed E-state index contributed by atoms with van der Waals surface area (Å²) < 4.78 is 5.73. The second-order valence-corrected chi connectivity index (χ2v) is 4.13. The summed E-state index contributed by atoms with van der Waals surface area (Å²) in [5, 5.41) is 9.64. The Kier molecular flexibility index (Phi) is 2.90. The van der Waals surface area contributed by atoms with Crippen LogP contribution < -0.4 is 10.5 Å². The van der Waals surface area contributed by atoms with Crippen molar-refractivity contribution in [2.75, 3.05) is 5.73 Å². The molecule has 0 bridgehead atoms.